The summed E-state index contributed by atoms with van der Waals surface area (Å²) in [6, 6.07) is 6.30. The van der Waals surface area contributed by atoms with Gasteiger partial charge in [-0.05, 0) is 37.5 Å². The SMILES string of the molecule is Cc1ccc2nc(C3CCCN3C(=N)N)[nH]c2c1. The highest BCUT2D eigenvalue weighted by Crippen LogP contribution is 2.30. The van der Waals surface area contributed by atoms with Crippen LogP contribution in [0.25, 0.3) is 11.0 Å². The molecule has 0 amide bonds. The molecule has 0 radical (unpaired) electrons. The molecule has 1 atom stereocenters. The van der Waals surface area contributed by atoms with Crippen molar-refractivity contribution in [2.75, 3.05) is 6.54 Å². The van der Waals surface area contributed by atoms with Crippen molar-refractivity contribution in [2.45, 2.75) is 25.8 Å². The van der Waals surface area contributed by atoms with E-state index in [4.69, 9.17) is 11.1 Å². The second kappa shape index (κ2) is 4.01. The average Bonchev–Trinajstić information content (AvgIpc) is 2.93. The van der Waals surface area contributed by atoms with Crippen LogP contribution in [-0.2, 0) is 0 Å². The molecular formula is C13H17N5. The van der Waals surface area contributed by atoms with Crippen molar-refractivity contribution in [3.05, 3.63) is 29.6 Å². The predicted molar refractivity (Wildman–Crippen MR) is 71.4 cm³/mol. The van der Waals surface area contributed by atoms with Crippen LogP contribution in [0.5, 0.6) is 0 Å². The van der Waals surface area contributed by atoms with Gasteiger partial charge >= 0.3 is 0 Å². The first-order valence-electron chi connectivity index (χ1n) is 6.22. The van der Waals surface area contributed by atoms with Crippen molar-refractivity contribution in [1.29, 1.82) is 5.41 Å². The van der Waals surface area contributed by atoms with E-state index in [9.17, 15) is 0 Å². The third kappa shape index (κ3) is 1.72. The van der Waals surface area contributed by atoms with Crippen LogP contribution in [0, 0.1) is 12.3 Å². The van der Waals surface area contributed by atoms with E-state index in [0.717, 1.165) is 36.2 Å². The number of nitrogens with two attached hydrogens (primary N) is 1. The molecule has 1 saturated heterocycles. The number of rotatable bonds is 1. The Morgan fingerprint density at radius 3 is 3.17 bits per heavy atom. The van der Waals surface area contributed by atoms with Gasteiger partial charge in [-0.3, -0.25) is 5.41 Å². The number of aromatic amines is 1. The van der Waals surface area contributed by atoms with Gasteiger partial charge in [0.1, 0.15) is 5.82 Å². The molecule has 5 nitrogen and oxygen atoms in total. The molecule has 0 spiro atoms. The number of benzene rings is 1. The molecule has 1 aromatic heterocycles. The van der Waals surface area contributed by atoms with Crippen LogP contribution in [0.15, 0.2) is 18.2 Å². The number of H-pyrrole nitrogens is 1. The summed E-state index contributed by atoms with van der Waals surface area (Å²) in [6.45, 7) is 2.91. The molecular weight excluding hydrogens is 226 g/mol. The van der Waals surface area contributed by atoms with Crippen molar-refractivity contribution in [2.24, 2.45) is 5.73 Å². The van der Waals surface area contributed by atoms with Gasteiger partial charge in [0.05, 0.1) is 17.1 Å². The van der Waals surface area contributed by atoms with Crippen LogP contribution in [0.1, 0.15) is 30.3 Å². The van der Waals surface area contributed by atoms with Gasteiger partial charge in [0.2, 0.25) is 0 Å². The van der Waals surface area contributed by atoms with Gasteiger partial charge in [0, 0.05) is 6.54 Å². The van der Waals surface area contributed by atoms with Crippen LogP contribution in [-0.4, -0.2) is 27.4 Å². The number of hydrogen-bond donors (Lipinski definition) is 3. The van der Waals surface area contributed by atoms with Crippen LogP contribution >= 0.6 is 0 Å². The molecule has 1 aromatic carbocycles. The first-order chi connectivity index (χ1) is 8.65. The topological polar surface area (TPSA) is 81.8 Å². The maximum absolute atomic E-state index is 7.60. The maximum atomic E-state index is 7.60. The molecule has 0 bridgehead atoms. The summed E-state index contributed by atoms with van der Waals surface area (Å²) >= 11 is 0. The van der Waals surface area contributed by atoms with Crippen molar-refractivity contribution in [1.82, 2.24) is 14.9 Å². The lowest BCUT2D eigenvalue weighted by atomic mass is 10.2. The van der Waals surface area contributed by atoms with Crippen LogP contribution < -0.4 is 5.73 Å². The zero-order valence-corrected chi connectivity index (χ0v) is 10.4. The Balaban J connectivity index is 2.01. The number of fused-ring (bicyclic) bond motifs is 1. The van der Waals surface area contributed by atoms with Gasteiger partial charge in [0.15, 0.2) is 5.96 Å². The smallest absolute Gasteiger partial charge is 0.189 e. The van der Waals surface area contributed by atoms with Gasteiger partial charge in [-0.15, -0.1) is 0 Å². The lowest BCUT2D eigenvalue weighted by molar-refractivity contribution is 0.380. The number of imidazole rings is 1. The van der Waals surface area contributed by atoms with Crippen LogP contribution in [0.4, 0.5) is 0 Å². The Labute approximate surface area is 106 Å². The fourth-order valence-corrected chi connectivity index (χ4v) is 2.64. The Bertz CT molecular complexity index is 600. The highest BCUT2D eigenvalue weighted by Gasteiger charge is 2.29. The number of aryl methyl sites for hydroxylation is 1. The van der Waals surface area contributed by atoms with E-state index in [0.29, 0.717) is 0 Å². The number of nitrogens with one attached hydrogen (secondary N) is 2. The molecule has 1 aliphatic heterocycles. The number of aromatic nitrogens is 2. The lowest BCUT2D eigenvalue weighted by Gasteiger charge is -2.22. The van der Waals surface area contributed by atoms with Crippen molar-refractivity contribution in [3.8, 4) is 0 Å². The summed E-state index contributed by atoms with van der Waals surface area (Å²) in [5.41, 5.74) is 8.86. The van der Waals surface area contributed by atoms with Crippen LogP contribution in [0.3, 0.4) is 0 Å². The minimum absolute atomic E-state index is 0.121. The Morgan fingerprint density at radius 2 is 2.39 bits per heavy atom. The largest absolute Gasteiger partial charge is 0.370 e. The van der Waals surface area contributed by atoms with Crippen LogP contribution in [0.2, 0.25) is 0 Å². The summed E-state index contributed by atoms with van der Waals surface area (Å²) in [5, 5.41) is 7.60. The Kier molecular flexibility index (Phi) is 2.47. The zero-order chi connectivity index (χ0) is 12.7. The Hall–Kier alpha value is -2.04. The monoisotopic (exact) mass is 243 g/mol. The molecule has 3 rings (SSSR count). The van der Waals surface area contributed by atoms with Crippen molar-refractivity contribution >= 4 is 17.0 Å². The van der Waals surface area contributed by atoms with E-state index >= 15 is 0 Å². The highest BCUT2D eigenvalue weighted by molar-refractivity contribution is 5.77. The summed E-state index contributed by atoms with van der Waals surface area (Å²) < 4.78 is 0. The molecule has 18 heavy (non-hydrogen) atoms. The number of likely N-dealkylation sites (tertiary alicyclic amines) is 1. The van der Waals surface area contributed by atoms with Crippen molar-refractivity contribution in [3.63, 3.8) is 0 Å². The number of guanidine groups is 1. The highest BCUT2D eigenvalue weighted by atomic mass is 15.3. The lowest BCUT2D eigenvalue weighted by Crippen LogP contribution is -2.36. The first kappa shape index (κ1) is 11.1. The standard InChI is InChI=1S/C13H17N5/c1-8-4-5-9-10(7-8)17-12(16-9)11-3-2-6-18(11)13(14)15/h4-5,7,11H,2-3,6H2,1H3,(H3,14,15)(H,16,17). The second-order valence-electron chi connectivity index (χ2n) is 4.88. The molecule has 5 heteroatoms. The number of nitrogens with zero attached hydrogens (tertiary/aromatic N) is 2. The molecule has 1 fully saturated rings. The maximum Gasteiger partial charge on any atom is 0.189 e. The molecule has 4 N–H and O–H groups in total. The minimum atomic E-state index is 0.121. The molecule has 1 unspecified atom stereocenters. The van der Waals surface area contributed by atoms with E-state index in [1.807, 2.05) is 11.0 Å². The quantitative estimate of drug-likeness (QED) is 0.528. The molecule has 0 aliphatic carbocycles. The van der Waals surface area contributed by atoms with Gasteiger partial charge < -0.3 is 15.6 Å². The third-order valence-corrected chi connectivity index (χ3v) is 3.53. The van der Waals surface area contributed by atoms with Gasteiger partial charge in [-0.1, -0.05) is 6.07 Å². The van der Waals surface area contributed by atoms with Gasteiger partial charge in [-0.25, -0.2) is 4.98 Å². The van der Waals surface area contributed by atoms with E-state index in [-0.39, 0.29) is 12.0 Å². The molecule has 0 saturated carbocycles. The molecule has 2 aromatic rings. The number of hydrogen-bond acceptors (Lipinski definition) is 2. The van der Waals surface area contributed by atoms with Crippen molar-refractivity contribution < 1.29 is 0 Å². The minimum Gasteiger partial charge on any atom is -0.370 e. The fourth-order valence-electron chi connectivity index (χ4n) is 2.64. The Morgan fingerprint density at radius 1 is 1.56 bits per heavy atom. The fraction of sp³-hybridized carbons (Fsp3) is 0.385. The average molecular weight is 243 g/mol. The molecule has 2 heterocycles. The molecule has 94 valence electrons. The van der Waals surface area contributed by atoms with E-state index in [2.05, 4.69) is 29.0 Å². The zero-order valence-electron chi connectivity index (χ0n) is 10.4. The third-order valence-electron chi connectivity index (χ3n) is 3.53. The van der Waals surface area contributed by atoms with Gasteiger partial charge in [0.25, 0.3) is 0 Å². The summed E-state index contributed by atoms with van der Waals surface area (Å²) in [5.74, 6) is 1.05. The summed E-state index contributed by atoms with van der Waals surface area (Å²) in [7, 11) is 0. The molecule has 1 aliphatic rings. The van der Waals surface area contributed by atoms with E-state index in [1.54, 1.807) is 0 Å². The first-order valence-corrected chi connectivity index (χ1v) is 6.22. The van der Waals surface area contributed by atoms with Gasteiger partial charge in [-0.2, -0.15) is 0 Å². The van der Waals surface area contributed by atoms with E-state index in [1.165, 1.54) is 5.56 Å². The van der Waals surface area contributed by atoms with E-state index < -0.39 is 0 Å². The second-order valence-corrected chi connectivity index (χ2v) is 4.88. The predicted octanol–water partition coefficient (Wildman–Crippen LogP) is 1.90. The summed E-state index contributed by atoms with van der Waals surface area (Å²) in [4.78, 5) is 9.88. The summed E-state index contributed by atoms with van der Waals surface area (Å²) in [6.07, 6.45) is 2.05. The normalized spacial score (nSPS) is 19.6.